The fourth-order valence-electron chi connectivity index (χ4n) is 1.75. The number of sulfonamides is 1. The molecule has 0 saturated heterocycles. The van der Waals surface area contributed by atoms with Gasteiger partial charge in [0.25, 0.3) is 0 Å². The zero-order valence-electron chi connectivity index (χ0n) is 11.2. The van der Waals surface area contributed by atoms with Gasteiger partial charge in [0.15, 0.2) is 0 Å². The van der Waals surface area contributed by atoms with Crippen molar-refractivity contribution in [1.82, 2.24) is 4.31 Å². The summed E-state index contributed by atoms with van der Waals surface area (Å²) in [6.07, 6.45) is 3.12. The molecular weight excluding hydrogens is 260 g/mol. The molecule has 0 aliphatic heterocycles. The SMILES string of the molecule is C=CCN(CC=C)S(=O)(=O)c1cc(CN)ccc1C. The first-order valence-electron chi connectivity index (χ1n) is 5.99. The number of nitrogens with zero attached hydrogens (tertiary/aromatic N) is 1. The quantitative estimate of drug-likeness (QED) is 0.775. The van der Waals surface area contributed by atoms with E-state index in [0.717, 1.165) is 5.56 Å². The van der Waals surface area contributed by atoms with Crippen molar-refractivity contribution in [3.05, 3.63) is 54.6 Å². The lowest BCUT2D eigenvalue weighted by Crippen LogP contribution is -2.32. The fourth-order valence-corrected chi connectivity index (χ4v) is 3.40. The van der Waals surface area contributed by atoms with Gasteiger partial charge in [-0.1, -0.05) is 24.3 Å². The van der Waals surface area contributed by atoms with E-state index in [9.17, 15) is 8.42 Å². The smallest absolute Gasteiger partial charge is 0.243 e. The van der Waals surface area contributed by atoms with E-state index >= 15 is 0 Å². The summed E-state index contributed by atoms with van der Waals surface area (Å²) in [6.45, 7) is 9.75. The van der Waals surface area contributed by atoms with Crippen LogP contribution in [0.3, 0.4) is 0 Å². The van der Waals surface area contributed by atoms with E-state index in [1.165, 1.54) is 4.31 Å². The molecule has 0 amide bonds. The highest BCUT2D eigenvalue weighted by Gasteiger charge is 2.24. The molecule has 104 valence electrons. The van der Waals surface area contributed by atoms with Crippen LogP contribution in [0, 0.1) is 6.92 Å². The maximum absolute atomic E-state index is 12.6. The van der Waals surface area contributed by atoms with Gasteiger partial charge in [0, 0.05) is 19.6 Å². The molecule has 0 saturated carbocycles. The Morgan fingerprint density at radius 2 is 1.84 bits per heavy atom. The van der Waals surface area contributed by atoms with Crippen LogP contribution in [0.25, 0.3) is 0 Å². The lowest BCUT2D eigenvalue weighted by atomic mass is 10.1. The summed E-state index contributed by atoms with van der Waals surface area (Å²) >= 11 is 0. The normalized spacial score (nSPS) is 11.5. The number of benzene rings is 1. The van der Waals surface area contributed by atoms with E-state index in [0.29, 0.717) is 17.0 Å². The maximum atomic E-state index is 12.6. The van der Waals surface area contributed by atoms with Crippen LogP contribution in [0.4, 0.5) is 0 Å². The van der Waals surface area contributed by atoms with E-state index in [1.807, 2.05) is 6.07 Å². The zero-order valence-corrected chi connectivity index (χ0v) is 12.0. The Morgan fingerprint density at radius 3 is 2.32 bits per heavy atom. The molecule has 0 atom stereocenters. The van der Waals surface area contributed by atoms with Gasteiger partial charge < -0.3 is 5.73 Å². The predicted octanol–water partition coefficient (Wildman–Crippen LogP) is 1.82. The van der Waals surface area contributed by atoms with Gasteiger partial charge in [-0.25, -0.2) is 8.42 Å². The molecule has 0 radical (unpaired) electrons. The minimum Gasteiger partial charge on any atom is -0.326 e. The lowest BCUT2D eigenvalue weighted by Gasteiger charge is -2.20. The second kappa shape index (κ2) is 6.65. The molecule has 0 bridgehead atoms. The topological polar surface area (TPSA) is 63.4 Å². The highest BCUT2D eigenvalue weighted by Crippen LogP contribution is 2.21. The summed E-state index contributed by atoms with van der Waals surface area (Å²) in [4.78, 5) is 0.291. The Bertz CT molecular complexity index is 555. The van der Waals surface area contributed by atoms with Crippen molar-refractivity contribution >= 4 is 10.0 Å². The standard InChI is InChI=1S/C14H20N2O2S/c1-4-8-16(9-5-2)19(17,18)14-10-13(11-15)7-6-12(14)3/h4-7,10H,1-2,8-9,11,15H2,3H3. The Kier molecular flexibility index (Phi) is 5.47. The third-order valence-electron chi connectivity index (χ3n) is 2.77. The van der Waals surface area contributed by atoms with Crippen LogP contribution in [0.1, 0.15) is 11.1 Å². The van der Waals surface area contributed by atoms with Crippen LogP contribution in [-0.2, 0) is 16.6 Å². The molecule has 2 N–H and O–H groups in total. The molecule has 1 rings (SSSR count). The molecule has 0 aliphatic carbocycles. The summed E-state index contributed by atoms with van der Waals surface area (Å²) in [5.41, 5.74) is 7.06. The van der Waals surface area contributed by atoms with Crippen LogP contribution in [0.15, 0.2) is 48.4 Å². The van der Waals surface area contributed by atoms with Gasteiger partial charge in [-0.2, -0.15) is 4.31 Å². The Labute approximate surface area is 115 Å². The van der Waals surface area contributed by atoms with Crippen LogP contribution >= 0.6 is 0 Å². The number of aryl methyl sites for hydroxylation is 1. The van der Waals surface area contributed by atoms with Gasteiger partial charge in [0.1, 0.15) is 0 Å². The second-order valence-electron chi connectivity index (χ2n) is 4.20. The average Bonchev–Trinajstić information content (AvgIpc) is 2.39. The van der Waals surface area contributed by atoms with E-state index in [2.05, 4.69) is 13.2 Å². The second-order valence-corrected chi connectivity index (χ2v) is 6.11. The molecule has 0 unspecified atom stereocenters. The molecule has 1 aromatic carbocycles. The van der Waals surface area contributed by atoms with Gasteiger partial charge in [-0.05, 0) is 24.1 Å². The summed E-state index contributed by atoms with van der Waals surface area (Å²) in [5, 5.41) is 0. The minimum absolute atomic E-state index is 0.251. The van der Waals surface area contributed by atoms with Gasteiger partial charge in [-0.15, -0.1) is 13.2 Å². The van der Waals surface area contributed by atoms with Crippen LogP contribution in [0.5, 0.6) is 0 Å². The largest absolute Gasteiger partial charge is 0.326 e. The van der Waals surface area contributed by atoms with Crippen molar-refractivity contribution in [2.75, 3.05) is 13.1 Å². The first-order valence-corrected chi connectivity index (χ1v) is 7.43. The van der Waals surface area contributed by atoms with Gasteiger partial charge in [0.2, 0.25) is 10.0 Å². The number of rotatable bonds is 7. The first-order chi connectivity index (χ1) is 8.97. The number of nitrogens with two attached hydrogens (primary N) is 1. The third-order valence-corrected chi connectivity index (χ3v) is 4.75. The van der Waals surface area contributed by atoms with Crippen LogP contribution < -0.4 is 5.73 Å². The molecule has 0 spiro atoms. The van der Waals surface area contributed by atoms with Crippen molar-refractivity contribution in [1.29, 1.82) is 0 Å². The van der Waals surface area contributed by atoms with Gasteiger partial charge in [0.05, 0.1) is 4.90 Å². The van der Waals surface area contributed by atoms with Gasteiger partial charge >= 0.3 is 0 Å². The molecule has 0 aromatic heterocycles. The highest BCUT2D eigenvalue weighted by molar-refractivity contribution is 7.89. The summed E-state index contributed by atoms with van der Waals surface area (Å²) < 4.78 is 26.5. The Morgan fingerprint density at radius 1 is 1.26 bits per heavy atom. The van der Waals surface area contributed by atoms with Crippen LogP contribution in [-0.4, -0.2) is 25.8 Å². The summed E-state index contributed by atoms with van der Waals surface area (Å²) in [7, 11) is -3.55. The highest BCUT2D eigenvalue weighted by atomic mass is 32.2. The molecule has 0 heterocycles. The average molecular weight is 280 g/mol. The molecule has 0 fully saturated rings. The van der Waals surface area contributed by atoms with Crippen molar-refractivity contribution in [2.45, 2.75) is 18.4 Å². The summed E-state index contributed by atoms with van der Waals surface area (Å²) in [6, 6.07) is 5.23. The molecular formula is C14H20N2O2S. The van der Waals surface area contributed by atoms with E-state index in [1.54, 1.807) is 31.2 Å². The number of hydrogen-bond donors (Lipinski definition) is 1. The molecule has 19 heavy (non-hydrogen) atoms. The first kappa shape index (κ1) is 15.6. The zero-order chi connectivity index (χ0) is 14.5. The van der Waals surface area contributed by atoms with Crippen molar-refractivity contribution in [3.63, 3.8) is 0 Å². The van der Waals surface area contributed by atoms with Crippen molar-refractivity contribution in [3.8, 4) is 0 Å². The van der Waals surface area contributed by atoms with E-state index < -0.39 is 10.0 Å². The van der Waals surface area contributed by atoms with Crippen molar-refractivity contribution < 1.29 is 8.42 Å². The number of hydrogen-bond acceptors (Lipinski definition) is 3. The molecule has 1 aromatic rings. The van der Waals surface area contributed by atoms with E-state index in [-0.39, 0.29) is 13.1 Å². The lowest BCUT2D eigenvalue weighted by molar-refractivity contribution is 0.473. The third kappa shape index (κ3) is 3.53. The minimum atomic E-state index is -3.55. The maximum Gasteiger partial charge on any atom is 0.243 e. The van der Waals surface area contributed by atoms with E-state index in [4.69, 9.17) is 5.73 Å². The Hall–Kier alpha value is -1.43. The van der Waals surface area contributed by atoms with Crippen LogP contribution in [0.2, 0.25) is 0 Å². The molecule has 5 heteroatoms. The van der Waals surface area contributed by atoms with Crippen molar-refractivity contribution in [2.24, 2.45) is 5.73 Å². The molecule has 4 nitrogen and oxygen atoms in total. The Balaban J connectivity index is 3.31. The monoisotopic (exact) mass is 280 g/mol. The fraction of sp³-hybridized carbons (Fsp3) is 0.286. The summed E-state index contributed by atoms with van der Waals surface area (Å²) in [5.74, 6) is 0. The molecule has 0 aliphatic rings. The van der Waals surface area contributed by atoms with Gasteiger partial charge in [-0.3, -0.25) is 0 Å². The predicted molar refractivity (Wildman–Crippen MR) is 78.2 cm³/mol.